The summed E-state index contributed by atoms with van der Waals surface area (Å²) >= 11 is 0. The number of carboxylic acids is 1. The Morgan fingerprint density at radius 2 is 2.07 bits per heavy atom. The third kappa shape index (κ3) is 6.71. The minimum absolute atomic E-state index is 0.0261. The fraction of sp³-hybridized carbons (Fsp3) is 0.619. The molecule has 2 amide bonds. The second-order valence-corrected chi connectivity index (χ2v) is 7.53. The number of amides is 2. The molecule has 7 nitrogen and oxygen atoms in total. The third-order valence-electron chi connectivity index (χ3n) is 5.40. The van der Waals surface area contributed by atoms with Crippen LogP contribution in [0.1, 0.15) is 31.7 Å². The van der Waals surface area contributed by atoms with Crippen LogP contribution in [0.15, 0.2) is 24.3 Å². The Balaban J connectivity index is 1.78. The van der Waals surface area contributed by atoms with Crippen LogP contribution in [-0.4, -0.2) is 79.3 Å². The number of nitrogens with zero attached hydrogens (tertiary/aromatic N) is 3. The molecule has 1 aromatic rings. The van der Waals surface area contributed by atoms with Crippen molar-refractivity contribution in [3.63, 3.8) is 0 Å². The maximum Gasteiger partial charge on any atom is 0.317 e. The van der Waals surface area contributed by atoms with Crippen molar-refractivity contribution in [2.24, 2.45) is 0 Å². The van der Waals surface area contributed by atoms with Crippen molar-refractivity contribution >= 4 is 17.7 Å². The zero-order valence-electron chi connectivity index (χ0n) is 17.4. The van der Waals surface area contributed by atoms with Crippen molar-refractivity contribution in [1.29, 1.82) is 0 Å². The lowest BCUT2D eigenvalue weighted by Gasteiger charge is -2.26. The highest BCUT2D eigenvalue weighted by molar-refractivity contribution is 5.74. The fourth-order valence-corrected chi connectivity index (χ4v) is 3.77. The van der Waals surface area contributed by atoms with Crippen LogP contribution < -0.4 is 10.2 Å². The number of urea groups is 1. The van der Waals surface area contributed by atoms with E-state index in [2.05, 4.69) is 48.3 Å². The lowest BCUT2D eigenvalue weighted by atomic mass is 10.1. The normalized spacial score (nSPS) is 17.3. The van der Waals surface area contributed by atoms with E-state index in [9.17, 15) is 9.59 Å². The molecule has 7 heteroatoms. The lowest BCUT2D eigenvalue weighted by molar-refractivity contribution is -0.138. The number of hydrogen-bond donors (Lipinski definition) is 2. The Morgan fingerprint density at radius 3 is 2.75 bits per heavy atom. The minimum Gasteiger partial charge on any atom is -0.480 e. The van der Waals surface area contributed by atoms with Gasteiger partial charge in [-0.15, -0.1) is 0 Å². The first-order valence-corrected chi connectivity index (χ1v) is 10.2. The summed E-state index contributed by atoms with van der Waals surface area (Å²) in [5.74, 6) is -0.810. The van der Waals surface area contributed by atoms with Crippen LogP contribution in [0, 0.1) is 6.92 Å². The number of anilines is 1. The molecule has 1 heterocycles. The van der Waals surface area contributed by atoms with E-state index in [1.807, 2.05) is 16.8 Å². The number of carbonyl (C=O) groups is 2. The van der Waals surface area contributed by atoms with Gasteiger partial charge in [0.1, 0.15) is 0 Å². The number of rotatable bonds is 8. The number of aryl methyl sites for hydroxylation is 1. The van der Waals surface area contributed by atoms with Gasteiger partial charge in [-0.3, -0.25) is 9.69 Å². The molecule has 2 N–H and O–H groups in total. The monoisotopic (exact) mass is 390 g/mol. The molecule has 1 aromatic carbocycles. The maximum absolute atomic E-state index is 12.6. The molecule has 0 saturated carbocycles. The van der Waals surface area contributed by atoms with Gasteiger partial charge < -0.3 is 20.2 Å². The molecule has 156 valence electrons. The topological polar surface area (TPSA) is 76.1 Å². The number of hydrogen-bond acceptors (Lipinski definition) is 4. The molecule has 2 rings (SSSR count). The highest BCUT2D eigenvalue weighted by Gasteiger charge is 2.23. The van der Waals surface area contributed by atoms with Gasteiger partial charge in [0.05, 0.1) is 6.54 Å². The summed E-state index contributed by atoms with van der Waals surface area (Å²) in [5, 5.41) is 12.0. The number of likely N-dealkylation sites (N-methyl/N-ethyl adjacent to an activating group) is 2. The molecule has 1 unspecified atom stereocenters. The first-order chi connectivity index (χ1) is 13.4. The van der Waals surface area contributed by atoms with Gasteiger partial charge in [-0.1, -0.05) is 12.1 Å². The van der Waals surface area contributed by atoms with Gasteiger partial charge in [0, 0.05) is 44.5 Å². The van der Waals surface area contributed by atoms with E-state index in [-0.39, 0.29) is 18.6 Å². The third-order valence-corrected chi connectivity index (χ3v) is 5.40. The van der Waals surface area contributed by atoms with Gasteiger partial charge in [-0.25, -0.2) is 4.79 Å². The lowest BCUT2D eigenvalue weighted by Crippen LogP contribution is -2.44. The van der Waals surface area contributed by atoms with Crippen LogP contribution in [0.2, 0.25) is 0 Å². The van der Waals surface area contributed by atoms with Crippen molar-refractivity contribution < 1.29 is 14.7 Å². The Hall–Kier alpha value is -2.28. The minimum atomic E-state index is -0.810. The van der Waals surface area contributed by atoms with E-state index in [4.69, 9.17) is 5.11 Å². The highest BCUT2D eigenvalue weighted by atomic mass is 16.4. The molecule has 1 aliphatic rings. The van der Waals surface area contributed by atoms with E-state index >= 15 is 0 Å². The van der Waals surface area contributed by atoms with Gasteiger partial charge in [-0.2, -0.15) is 0 Å². The summed E-state index contributed by atoms with van der Waals surface area (Å²) in [6.45, 7) is 7.88. The van der Waals surface area contributed by atoms with Crippen molar-refractivity contribution in [1.82, 2.24) is 15.1 Å². The molecule has 0 aliphatic carbocycles. The number of nitrogens with one attached hydrogen (secondary N) is 1. The average molecular weight is 391 g/mol. The number of likely N-dealkylation sites (tertiary alicyclic amines) is 1. The van der Waals surface area contributed by atoms with Crippen LogP contribution in [0.5, 0.6) is 0 Å². The molecule has 1 saturated heterocycles. The van der Waals surface area contributed by atoms with Gasteiger partial charge in [0.25, 0.3) is 0 Å². The molecule has 1 aliphatic heterocycles. The van der Waals surface area contributed by atoms with Gasteiger partial charge in [0.2, 0.25) is 0 Å². The predicted molar refractivity (Wildman–Crippen MR) is 112 cm³/mol. The maximum atomic E-state index is 12.6. The molecule has 0 aromatic heterocycles. The summed E-state index contributed by atoms with van der Waals surface area (Å²) in [6, 6.07) is 8.59. The van der Waals surface area contributed by atoms with E-state index in [1.165, 1.54) is 11.3 Å². The summed E-state index contributed by atoms with van der Waals surface area (Å²) in [6.07, 6.45) is 2.62. The van der Waals surface area contributed by atoms with Crippen LogP contribution in [0.4, 0.5) is 10.5 Å². The van der Waals surface area contributed by atoms with Crippen LogP contribution in [0.3, 0.4) is 0 Å². The first kappa shape index (κ1) is 22.0. The average Bonchev–Trinajstić information content (AvgIpc) is 2.91. The van der Waals surface area contributed by atoms with E-state index in [0.717, 1.165) is 38.9 Å². The largest absolute Gasteiger partial charge is 0.480 e. The van der Waals surface area contributed by atoms with Crippen LogP contribution in [0.25, 0.3) is 0 Å². The van der Waals surface area contributed by atoms with Crippen molar-refractivity contribution in [3.8, 4) is 0 Å². The molecular formula is C21H34N4O3. The Labute approximate surface area is 168 Å². The Kier molecular flexibility index (Phi) is 8.57. The quantitative estimate of drug-likeness (QED) is 0.713. The van der Waals surface area contributed by atoms with E-state index in [1.54, 1.807) is 0 Å². The molecule has 0 bridgehead atoms. The number of carboxylic acid groups (broad SMARTS) is 1. The summed E-state index contributed by atoms with van der Waals surface area (Å²) in [7, 11) is 1.85. The standard InChI is InChI=1S/C21H34N4O3/c1-4-24(19-8-5-7-17(2)15-19)14-11-22-21(28)25-12-6-9-18(10-13-25)23(3)16-20(26)27/h5,7-8,15,18H,4,6,9-14,16H2,1-3H3,(H,22,28)(H,26,27). The molecule has 1 fully saturated rings. The van der Waals surface area contributed by atoms with Crippen molar-refractivity contribution in [2.45, 2.75) is 39.2 Å². The van der Waals surface area contributed by atoms with Crippen LogP contribution in [-0.2, 0) is 4.79 Å². The zero-order valence-corrected chi connectivity index (χ0v) is 17.4. The second-order valence-electron chi connectivity index (χ2n) is 7.53. The predicted octanol–water partition coefficient (Wildman–Crippen LogP) is 2.40. The second kappa shape index (κ2) is 10.9. The number of carbonyl (C=O) groups excluding carboxylic acids is 1. The molecule has 0 radical (unpaired) electrons. The molecule has 1 atom stereocenters. The first-order valence-electron chi connectivity index (χ1n) is 10.2. The zero-order chi connectivity index (χ0) is 20.5. The molecular weight excluding hydrogens is 356 g/mol. The van der Waals surface area contributed by atoms with Gasteiger partial charge in [0.15, 0.2) is 0 Å². The number of benzene rings is 1. The number of aliphatic carboxylic acids is 1. The molecule has 28 heavy (non-hydrogen) atoms. The van der Waals surface area contributed by atoms with Gasteiger partial charge in [-0.05, 0) is 57.9 Å². The Bertz CT molecular complexity index is 652. The fourth-order valence-electron chi connectivity index (χ4n) is 3.77. The SMILES string of the molecule is CCN(CCNC(=O)N1CCCC(N(C)CC(=O)O)CC1)c1cccc(C)c1. The smallest absolute Gasteiger partial charge is 0.317 e. The van der Waals surface area contributed by atoms with E-state index < -0.39 is 5.97 Å². The van der Waals surface area contributed by atoms with Crippen molar-refractivity contribution in [2.75, 3.05) is 51.2 Å². The van der Waals surface area contributed by atoms with Crippen molar-refractivity contribution in [3.05, 3.63) is 29.8 Å². The van der Waals surface area contributed by atoms with Crippen LogP contribution >= 0.6 is 0 Å². The summed E-state index contributed by atoms with van der Waals surface area (Å²) < 4.78 is 0. The summed E-state index contributed by atoms with van der Waals surface area (Å²) in [5.41, 5.74) is 2.41. The highest BCUT2D eigenvalue weighted by Crippen LogP contribution is 2.16. The van der Waals surface area contributed by atoms with E-state index in [0.29, 0.717) is 13.1 Å². The van der Waals surface area contributed by atoms with Gasteiger partial charge >= 0.3 is 12.0 Å². The Morgan fingerprint density at radius 1 is 1.29 bits per heavy atom. The molecule has 0 spiro atoms. The summed E-state index contributed by atoms with van der Waals surface area (Å²) in [4.78, 5) is 29.5.